The third-order valence-corrected chi connectivity index (χ3v) is 13.7. The summed E-state index contributed by atoms with van der Waals surface area (Å²) in [4.78, 5) is 0. The van der Waals surface area contributed by atoms with Gasteiger partial charge in [-0.25, -0.2) is 0 Å². The van der Waals surface area contributed by atoms with E-state index in [4.69, 9.17) is 14.2 Å². The number of hydrogen-bond acceptors (Lipinski definition) is 5. The summed E-state index contributed by atoms with van der Waals surface area (Å²) in [5, 5.41) is 23.6. The van der Waals surface area contributed by atoms with Crippen LogP contribution in [0.15, 0.2) is 0 Å². The Balaban J connectivity index is 1.23. The van der Waals surface area contributed by atoms with Gasteiger partial charge >= 0.3 is 0 Å². The summed E-state index contributed by atoms with van der Waals surface area (Å²) < 4.78 is 18.3. The Morgan fingerprint density at radius 1 is 0.972 bits per heavy atom. The molecule has 1 heterocycles. The van der Waals surface area contributed by atoms with Crippen molar-refractivity contribution in [3.63, 3.8) is 0 Å². The molecular formula is C31H52O5. The maximum atomic E-state index is 11.9. The minimum absolute atomic E-state index is 0.114. The summed E-state index contributed by atoms with van der Waals surface area (Å²) >= 11 is 0. The number of fused-ring (bicyclic) bond motifs is 5. The van der Waals surface area contributed by atoms with Crippen molar-refractivity contribution in [3.8, 4) is 0 Å². The summed E-state index contributed by atoms with van der Waals surface area (Å²) in [7, 11) is 3.50. The average Bonchev–Trinajstić information content (AvgIpc) is 3.69. The van der Waals surface area contributed by atoms with Crippen LogP contribution in [0.1, 0.15) is 92.4 Å². The predicted octanol–water partition coefficient (Wildman–Crippen LogP) is 5.42. The van der Waals surface area contributed by atoms with Gasteiger partial charge in [-0.15, -0.1) is 0 Å². The highest BCUT2D eigenvalue weighted by Crippen LogP contribution is 2.71. The monoisotopic (exact) mass is 504 g/mol. The highest BCUT2D eigenvalue weighted by atomic mass is 16.7. The number of aliphatic hydroxyl groups is 2. The number of rotatable bonds is 6. The number of hydrogen-bond donors (Lipinski definition) is 2. The fourth-order valence-corrected chi connectivity index (χ4v) is 11.0. The van der Waals surface area contributed by atoms with Crippen LogP contribution in [-0.4, -0.2) is 54.1 Å². The van der Waals surface area contributed by atoms with Gasteiger partial charge < -0.3 is 24.4 Å². The lowest BCUT2D eigenvalue weighted by Gasteiger charge is -2.64. The van der Waals surface area contributed by atoms with E-state index in [0.717, 1.165) is 69.1 Å². The first-order valence-electron chi connectivity index (χ1n) is 15.1. The van der Waals surface area contributed by atoms with E-state index in [9.17, 15) is 10.2 Å². The van der Waals surface area contributed by atoms with Crippen molar-refractivity contribution in [1.82, 2.24) is 0 Å². The molecule has 0 amide bonds. The largest absolute Gasteiger partial charge is 0.393 e. The van der Waals surface area contributed by atoms with E-state index in [0.29, 0.717) is 29.8 Å². The van der Waals surface area contributed by atoms with Crippen molar-refractivity contribution < 1.29 is 24.4 Å². The van der Waals surface area contributed by atoms with Crippen LogP contribution in [0.25, 0.3) is 0 Å². The number of methoxy groups -OCH3 is 2. The molecule has 6 rings (SSSR count). The highest BCUT2D eigenvalue weighted by Gasteiger charge is 2.72. The van der Waals surface area contributed by atoms with Crippen molar-refractivity contribution in [1.29, 1.82) is 0 Å². The van der Waals surface area contributed by atoms with Gasteiger partial charge in [0, 0.05) is 32.5 Å². The normalized spacial score (nSPS) is 57.9. The van der Waals surface area contributed by atoms with Crippen molar-refractivity contribution in [2.24, 2.45) is 58.2 Å². The molecule has 6 fully saturated rings. The van der Waals surface area contributed by atoms with E-state index < -0.39 is 5.79 Å². The first-order valence-corrected chi connectivity index (χ1v) is 15.1. The molecule has 36 heavy (non-hydrogen) atoms. The molecule has 206 valence electrons. The zero-order valence-electron chi connectivity index (χ0n) is 23.8. The van der Waals surface area contributed by atoms with Gasteiger partial charge in [-0.05, 0) is 105 Å². The Morgan fingerprint density at radius 3 is 2.31 bits per heavy atom. The van der Waals surface area contributed by atoms with Gasteiger partial charge in [0.25, 0.3) is 0 Å². The zero-order valence-corrected chi connectivity index (χ0v) is 23.8. The van der Waals surface area contributed by atoms with Crippen LogP contribution < -0.4 is 0 Å². The smallest absolute Gasteiger partial charge is 0.167 e. The maximum absolute atomic E-state index is 11.9. The Bertz CT molecular complexity index is 858. The van der Waals surface area contributed by atoms with E-state index in [1.165, 1.54) is 6.42 Å². The molecule has 0 unspecified atom stereocenters. The maximum Gasteiger partial charge on any atom is 0.167 e. The molecular weight excluding hydrogens is 452 g/mol. The van der Waals surface area contributed by atoms with Gasteiger partial charge in [0.05, 0.1) is 23.9 Å². The predicted molar refractivity (Wildman–Crippen MR) is 139 cm³/mol. The molecule has 14 atom stereocenters. The van der Waals surface area contributed by atoms with Crippen LogP contribution in [0.3, 0.4) is 0 Å². The number of ether oxygens (including phenoxy) is 3. The molecule has 5 aliphatic carbocycles. The summed E-state index contributed by atoms with van der Waals surface area (Å²) in [6.07, 6.45) is 8.84. The third kappa shape index (κ3) is 3.51. The fraction of sp³-hybridized carbons (Fsp3) is 1.00. The van der Waals surface area contributed by atoms with E-state index in [-0.39, 0.29) is 34.6 Å². The minimum Gasteiger partial charge on any atom is -0.393 e. The molecule has 5 nitrogen and oxygen atoms in total. The van der Waals surface area contributed by atoms with Crippen LogP contribution in [0, 0.1) is 58.2 Å². The van der Waals surface area contributed by atoms with E-state index in [2.05, 4.69) is 34.6 Å². The molecule has 1 aliphatic heterocycles. The Kier molecular flexibility index (Phi) is 6.08. The average molecular weight is 505 g/mol. The first kappa shape index (κ1) is 26.0. The molecule has 0 spiro atoms. The first-order chi connectivity index (χ1) is 16.9. The van der Waals surface area contributed by atoms with Gasteiger partial charge in [0.1, 0.15) is 0 Å². The molecule has 0 aromatic carbocycles. The summed E-state index contributed by atoms with van der Waals surface area (Å²) in [5.74, 6) is 3.68. The summed E-state index contributed by atoms with van der Waals surface area (Å²) in [6, 6.07) is 0. The van der Waals surface area contributed by atoms with Gasteiger partial charge in [-0.3, -0.25) is 0 Å². The third-order valence-electron chi connectivity index (χ3n) is 13.7. The van der Waals surface area contributed by atoms with Gasteiger partial charge in [0.15, 0.2) is 5.79 Å². The highest BCUT2D eigenvalue weighted by molar-refractivity contribution is 5.20. The standard InChI is InChI=1S/C31H52O5/c1-17-12-20(17)18(2)13-26-30(5,36-26)24-9-8-21-27-22(15-25(33)29(21,24)4)28(3)10-11-31(34-6,35-7)16-19(28)14-23(27)32/h17-27,32-33H,8-16H2,1-7H3/t17-,18-,19+,20-,21+,22+,23-,24+,25-,26-,27+,28+,29+,30-/m1/s1. The second kappa shape index (κ2) is 8.40. The van der Waals surface area contributed by atoms with Crippen LogP contribution in [0.5, 0.6) is 0 Å². The molecule has 0 aromatic heterocycles. The number of aliphatic hydroxyl groups excluding tert-OH is 2. The van der Waals surface area contributed by atoms with Crippen molar-refractivity contribution in [2.75, 3.05) is 14.2 Å². The van der Waals surface area contributed by atoms with E-state index in [1.807, 2.05) is 0 Å². The topological polar surface area (TPSA) is 71.5 Å². The Labute approximate surface area is 219 Å². The van der Waals surface area contributed by atoms with Crippen LogP contribution in [0.4, 0.5) is 0 Å². The quantitative estimate of drug-likeness (QED) is 0.374. The van der Waals surface area contributed by atoms with Crippen LogP contribution in [-0.2, 0) is 14.2 Å². The molecule has 6 aliphatic rings. The lowest BCUT2D eigenvalue weighted by atomic mass is 9.42. The van der Waals surface area contributed by atoms with Crippen molar-refractivity contribution in [3.05, 3.63) is 0 Å². The van der Waals surface area contributed by atoms with Crippen molar-refractivity contribution in [2.45, 2.75) is 122 Å². The summed E-state index contributed by atoms with van der Waals surface area (Å²) in [6.45, 7) is 11.9. The Hall–Kier alpha value is -0.200. The molecule has 2 N–H and O–H groups in total. The molecule has 5 saturated carbocycles. The van der Waals surface area contributed by atoms with E-state index >= 15 is 0 Å². The molecule has 0 aromatic rings. The van der Waals surface area contributed by atoms with Gasteiger partial charge in [-0.2, -0.15) is 0 Å². The van der Waals surface area contributed by atoms with Crippen molar-refractivity contribution >= 4 is 0 Å². The van der Waals surface area contributed by atoms with E-state index in [1.54, 1.807) is 14.2 Å². The van der Waals surface area contributed by atoms with Gasteiger partial charge in [0.2, 0.25) is 0 Å². The molecule has 5 heteroatoms. The SMILES string of the molecule is COC1(OC)CC[C@@]2(C)[C@@H](C[C@@H](O)[C@@H]3[C@@H]2C[C@@H](O)[C@]2(C)[C@@H]([C@@]4(C)O[C@@H]4C[C@@H](C)[C@@H]4C[C@H]4C)CC[C@@H]32)C1. The van der Waals surface area contributed by atoms with Gasteiger partial charge in [-0.1, -0.05) is 27.7 Å². The second-order valence-electron chi connectivity index (χ2n) is 14.9. The minimum atomic E-state index is -0.528. The van der Waals surface area contributed by atoms with Crippen LogP contribution in [0.2, 0.25) is 0 Å². The fourth-order valence-electron chi connectivity index (χ4n) is 11.0. The molecule has 0 radical (unpaired) electrons. The summed E-state index contributed by atoms with van der Waals surface area (Å²) in [5.41, 5.74) is -0.177. The number of epoxide rings is 1. The molecule has 1 saturated heterocycles. The lowest BCUT2D eigenvalue weighted by molar-refractivity contribution is -0.275. The zero-order chi connectivity index (χ0) is 25.8. The lowest BCUT2D eigenvalue weighted by Crippen LogP contribution is -2.64. The second-order valence-corrected chi connectivity index (χ2v) is 14.9. The molecule has 0 bridgehead atoms. The Morgan fingerprint density at radius 2 is 1.67 bits per heavy atom. The van der Waals surface area contributed by atoms with Crippen LogP contribution >= 0.6 is 0 Å².